The summed E-state index contributed by atoms with van der Waals surface area (Å²) < 4.78 is 19.7. The van der Waals surface area contributed by atoms with Crippen LogP contribution in [0.1, 0.15) is 53.0 Å². The molecule has 0 fully saturated rings. The number of aromatic carboxylic acids is 1. The van der Waals surface area contributed by atoms with Crippen molar-refractivity contribution in [2.24, 2.45) is 0 Å². The highest BCUT2D eigenvalue weighted by atomic mass is 35.5. The van der Waals surface area contributed by atoms with Crippen molar-refractivity contribution >= 4 is 29.2 Å². The van der Waals surface area contributed by atoms with Crippen LogP contribution in [-0.4, -0.2) is 23.1 Å². The maximum Gasteiger partial charge on any atom is 0.338 e. The molecule has 0 aliphatic rings. The van der Waals surface area contributed by atoms with E-state index < -0.39 is 23.3 Å². The zero-order chi connectivity index (χ0) is 20.1. The van der Waals surface area contributed by atoms with E-state index in [2.05, 4.69) is 5.32 Å². The number of halogens is 2. The van der Waals surface area contributed by atoms with Crippen LogP contribution in [0.4, 0.5) is 10.1 Å². The summed E-state index contributed by atoms with van der Waals surface area (Å²) in [7, 11) is 0. The van der Waals surface area contributed by atoms with Gasteiger partial charge in [-0.25, -0.2) is 9.18 Å². The number of aryl methyl sites for hydroxylation is 1. The topological polar surface area (TPSA) is 75.6 Å². The monoisotopic (exact) mass is 393 g/mol. The molecule has 2 N–H and O–H groups in total. The number of carboxylic acids is 1. The first-order chi connectivity index (χ1) is 12.8. The molecular formula is C20H21ClFNO4. The van der Waals surface area contributed by atoms with Crippen LogP contribution in [0.25, 0.3) is 0 Å². The smallest absolute Gasteiger partial charge is 0.338 e. The molecule has 0 spiro atoms. The number of carbonyl (C=O) groups is 2. The van der Waals surface area contributed by atoms with Gasteiger partial charge in [-0.3, -0.25) is 4.79 Å². The van der Waals surface area contributed by atoms with E-state index in [9.17, 15) is 14.0 Å². The highest BCUT2D eigenvalue weighted by Crippen LogP contribution is 2.31. The molecule has 0 heterocycles. The van der Waals surface area contributed by atoms with Gasteiger partial charge in [-0.2, -0.15) is 0 Å². The highest BCUT2D eigenvalue weighted by molar-refractivity contribution is 6.33. The van der Waals surface area contributed by atoms with Crippen molar-refractivity contribution in [1.82, 2.24) is 0 Å². The van der Waals surface area contributed by atoms with E-state index in [1.165, 1.54) is 6.07 Å². The van der Waals surface area contributed by atoms with Crippen molar-refractivity contribution in [3.63, 3.8) is 0 Å². The number of benzene rings is 2. The van der Waals surface area contributed by atoms with E-state index in [-0.39, 0.29) is 11.8 Å². The number of hydrogen-bond acceptors (Lipinski definition) is 3. The second-order valence-electron chi connectivity index (χ2n) is 6.12. The summed E-state index contributed by atoms with van der Waals surface area (Å²) in [6.45, 7) is 5.77. The number of carbonyl (C=O) groups excluding carboxylic acids is 1. The summed E-state index contributed by atoms with van der Waals surface area (Å²) >= 11 is 6.29. The third-order valence-electron chi connectivity index (χ3n) is 4.15. The fourth-order valence-electron chi connectivity index (χ4n) is 2.56. The SMILES string of the molecule is CCC(CC)Oc1cc(C(=O)Nc2ccc(C(=O)O)c(F)c2)cc(C)c1Cl. The van der Waals surface area contributed by atoms with Gasteiger partial charge in [-0.1, -0.05) is 25.4 Å². The van der Waals surface area contributed by atoms with Gasteiger partial charge >= 0.3 is 5.97 Å². The van der Waals surface area contributed by atoms with Crippen LogP contribution in [0.3, 0.4) is 0 Å². The van der Waals surface area contributed by atoms with Crippen LogP contribution in [0.5, 0.6) is 5.75 Å². The Morgan fingerprint density at radius 3 is 2.44 bits per heavy atom. The van der Waals surface area contributed by atoms with Gasteiger partial charge in [0.25, 0.3) is 5.91 Å². The van der Waals surface area contributed by atoms with Crippen LogP contribution < -0.4 is 10.1 Å². The Morgan fingerprint density at radius 1 is 1.22 bits per heavy atom. The number of rotatable bonds is 7. The van der Waals surface area contributed by atoms with Crippen molar-refractivity contribution in [1.29, 1.82) is 0 Å². The van der Waals surface area contributed by atoms with E-state index in [4.69, 9.17) is 21.4 Å². The first-order valence-electron chi connectivity index (χ1n) is 8.57. The zero-order valence-corrected chi connectivity index (χ0v) is 16.1. The number of anilines is 1. The normalized spacial score (nSPS) is 10.7. The van der Waals surface area contributed by atoms with Crippen molar-refractivity contribution < 1.29 is 23.8 Å². The first kappa shape index (κ1) is 20.7. The number of amides is 1. The molecule has 0 aromatic heterocycles. The molecule has 0 radical (unpaired) electrons. The third kappa shape index (κ3) is 4.98. The molecule has 144 valence electrons. The van der Waals surface area contributed by atoms with E-state index in [1.54, 1.807) is 19.1 Å². The first-order valence-corrected chi connectivity index (χ1v) is 8.95. The van der Waals surface area contributed by atoms with Gasteiger partial charge in [0.05, 0.1) is 16.7 Å². The molecule has 2 aromatic rings. The summed E-state index contributed by atoms with van der Waals surface area (Å²) in [6, 6.07) is 6.55. The number of hydrogen-bond donors (Lipinski definition) is 2. The molecule has 0 saturated carbocycles. The van der Waals surface area contributed by atoms with Gasteiger partial charge in [0.1, 0.15) is 11.6 Å². The number of ether oxygens (including phenoxy) is 1. The second-order valence-corrected chi connectivity index (χ2v) is 6.49. The van der Waals surface area contributed by atoms with Gasteiger partial charge < -0.3 is 15.2 Å². The van der Waals surface area contributed by atoms with Crippen LogP contribution in [0, 0.1) is 12.7 Å². The maximum absolute atomic E-state index is 13.8. The van der Waals surface area contributed by atoms with Crippen molar-refractivity contribution in [3.8, 4) is 5.75 Å². The predicted molar refractivity (Wildman–Crippen MR) is 102 cm³/mol. The third-order valence-corrected chi connectivity index (χ3v) is 4.63. The lowest BCUT2D eigenvalue weighted by atomic mass is 10.1. The lowest BCUT2D eigenvalue weighted by molar-refractivity contribution is 0.0691. The summed E-state index contributed by atoms with van der Waals surface area (Å²) in [5.74, 6) is -2.36. The van der Waals surface area contributed by atoms with Crippen LogP contribution in [0.2, 0.25) is 5.02 Å². The minimum Gasteiger partial charge on any atom is -0.489 e. The molecule has 27 heavy (non-hydrogen) atoms. The molecule has 0 aliphatic heterocycles. The van der Waals surface area contributed by atoms with Gasteiger partial charge in [-0.05, 0) is 55.7 Å². The maximum atomic E-state index is 13.8. The largest absolute Gasteiger partial charge is 0.489 e. The lowest BCUT2D eigenvalue weighted by Crippen LogP contribution is -2.16. The molecular weight excluding hydrogens is 373 g/mol. The van der Waals surface area contributed by atoms with Crippen LogP contribution in [-0.2, 0) is 0 Å². The molecule has 0 saturated heterocycles. The average Bonchev–Trinajstić information content (AvgIpc) is 2.62. The second kappa shape index (κ2) is 8.86. The average molecular weight is 394 g/mol. The van der Waals surface area contributed by atoms with Gasteiger partial charge in [-0.15, -0.1) is 0 Å². The summed E-state index contributed by atoms with van der Waals surface area (Å²) in [6.07, 6.45) is 1.59. The fraction of sp³-hybridized carbons (Fsp3) is 0.300. The van der Waals surface area contributed by atoms with Crippen LogP contribution in [0.15, 0.2) is 30.3 Å². The Labute approximate surface area is 162 Å². The fourth-order valence-corrected chi connectivity index (χ4v) is 2.71. The molecule has 0 aliphatic carbocycles. The Bertz CT molecular complexity index is 865. The minimum atomic E-state index is -1.37. The summed E-state index contributed by atoms with van der Waals surface area (Å²) in [5, 5.41) is 11.9. The Balaban J connectivity index is 2.27. The standard InChI is InChI=1S/C20H21ClFNO4/c1-4-14(5-2)27-17-9-12(8-11(3)18(17)21)19(24)23-13-6-7-15(20(25)26)16(22)10-13/h6-10,14H,4-5H2,1-3H3,(H,23,24)(H,25,26). The predicted octanol–water partition coefficient (Wildman–Crippen LogP) is 5.31. The highest BCUT2D eigenvalue weighted by Gasteiger charge is 2.17. The quantitative estimate of drug-likeness (QED) is 0.668. The molecule has 2 aromatic carbocycles. The van der Waals surface area contributed by atoms with Gasteiger partial charge in [0.15, 0.2) is 0 Å². The van der Waals surface area contributed by atoms with Crippen molar-refractivity contribution in [2.75, 3.05) is 5.32 Å². The van der Waals surface area contributed by atoms with E-state index in [1.807, 2.05) is 13.8 Å². The number of nitrogens with one attached hydrogen (secondary N) is 1. The van der Waals surface area contributed by atoms with Gasteiger partial charge in [0, 0.05) is 11.3 Å². The molecule has 0 unspecified atom stereocenters. The molecule has 1 amide bonds. The van der Waals surface area contributed by atoms with E-state index >= 15 is 0 Å². The van der Waals surface area contributed by atoms with E-state index in [0.717, 1.165) is 25.0 Å². The molecule has 5 nitrogen and oxygen atoms in total. The molecule has 2 rings (SSSR count). The Morgan fingerprint density at radius 2 is 1.89 bits per heavy atom. The summed E-state index contributed by atoms with van der Waals surface area (Å²) in [4.78, 5) is 23.4. The molecule has 0 atom stereocenters. The number of carboxylic acid groups (broad SMARTS) is 1. The van der Waals surface area contributed by atoms with Crippen molar-refractivity contribution in [3.05, 3.63) is 57.9 Å². The van der Waals surface area contributed by atoms with Crippen LogP contribution >= 0.6 is 11.6 Å². The summed E-state index contributed by atoms with van der Waals surface area (Å²) in [5.41, 5.74) is 0.673. The zero-order valence-electron chi connectivity index (χ0n) is 15.3. The van der Waals surface area contributed by atoms with Gasteiger partial charge in [0.2, 0.25) is 0 Å². The van der Waals surface area contributed by atoms with Crippen molar-refractivity contribution in [2.45, 2.75) is 39.7 Å². The Hall–Kier alpha value is -2.60. The molecule has 0 bridgehead atoms. The Kier molecular flexibility index (Phi) is 6.80. The van der Waals surface area contributed by atoms with E-state index in [0.29, 0.717) is 21.9 Å². The minimum absolute atomic E-state index is 0.0159. The molecule has 7 heteroatoms. The lowest BCUT2D eigenvalue weighted by Gasteiger charge is -2.18.